The summed E-state index contributed by atoms with van der Waals surface area (Å²) in [6, 6.07) is 14.1. The second kappa shape index (κ2) is 8.24. The van der Waals surface area contributed by atoms with Crippen molar-refractivity contribution >= 4 is 23.4 Å². The van der Waals surface area contributed by atoms with Crippen LogP contribution in [0.5, 0.6) is 0 Å². The Labute approximate surface area is 191 Å². The smallest absolute Gasteiger partial charge is 0.287 e. The quantitative estimate of drug-likeness (QED) is 0.642. The Morgan fingerprint density at radius 2 is 1.94 bits per heavy atom. The lowest BCUT2D eigenvalue weighted by Gasteiger charge is -2.37. The molecule has 0 aliphatic carbocycles. The van der Waals surface area contributed by atoms with E-state index in [0.29, 0.717) is 30.6 Å². The van der Waals surface area contributed by atoms with Gasteiger partial charge < -0.3 is 20.0 Å². The van der Waals surface area contributed by atoms with Crippen LogP contribution < -0.4 is 10.6 Å². The molecule has 7 heteroatoms. The van der Waals surface area contributed by atoms with E-state index in [4.69, 9.17) is 4.42 Å². The van der Waals surface area contributed by atoms with Crippen LogP contribution in [0.2, 0.25) is 0 Å². The van der Waals surface area contributed by atoms with E-state index in [1.54, 1.807) is 23.1 Å². The van der Waals surface area contributed by atoms with Gasteiger partial charge >= 0.3 is 0 Å². The molecule has 5 rings (SSSR count). The molecule has 3 aromatic rings. The van der Waals surface area contributed by atoms with Crippen molar-refractivity contribution in [3.8, 4) is 11.1 Å². The molecule has 168 valence electrons. The Hall–Kier alpha value is -3.87. The minimum Gasteiger partial charge on any atom is -0.459 e. The van der Waals surface area contributed by atoms with Gasteiger partial charge in [0, 0.05) is 12.6 Å². The van der Waals surface area contributed by atoms with Gasteiger partial charge in [0.1, 0.15) is 6.04 Å². The van der Waals surface area contributed by atoms with Crippen LogP contribution in [-0.2, 0) is 4.79 Å². The molecule has 0 unspecified atom stereocenters. The summed E-state index contributed by atoms with van der Waals surface area (Å²) < 4.78 is 5.15. The highest BCUT2D eigenvalue weighted by molar-refractivity contribution is 6.10. The van der Waals surface area contributed by atoms with Crippen molar-refractivity contribution in [2.75, 3.05) is 11.9 Å². The third-order valence-electron chi connectivity index (χ3n) is 6.67. The van der Waals surface area contributed by atoms with Gasteiger partial charge in [0.05, 0.1) is 17.5 Å². The molecule has 0 saturated carbocycles. The maximum atomic E-state index is 13.5. The highest BCUT2D eigenvalue weighted by Crippen LogP contribution is 2.33. The normalized spacial score (nSPS) is 19.9. The van der Waals surface area contributed by atoms with Crippen LogP contribution in [0, 0.1) is 13.8 Å². The maximum Gasteiger partial charge on any atom is 0.287 e. The molecule has 0 radical (unpaired) electrons. The molecule has 1 aromatic heterocycles. The number of furan rings is 1. The Bertz CT molecular complexity index is 1250. The van der Waals surface area contributed by atoms with Gasteiger partial charge in [-0.2, -0.15) is 0 Å². The number of rotatable bonds is 3. The summed E-state index contributed by atoms with van der Waals surface area (Å²) in [4.78, 5) is 40.5. The number of anilines is 1. The summed E-state index contributed by atoms with van der Waals surface area (Å²) in [7, 11) is 0. The molecule has 2 aromatic carbocycles. The molecule has 0 spiro atoms. The van der Waals surface area contributed by atoms with Crippen LogP contribution in [0.1, 0.15) is 44.9 Å². The van der Waals surface area contributed by atoms with E-state index < -0.39 is 6.04 Å². The van der Waals surface area contributed by atoms with Crippen LogP contribution in [0.3, 0.4) is 0 Å². The van der Waals surface area contributed by atoms with E-state index in [-0.39, 0.29) is 29.5 Å². The molecule has 2 aliphatic rings. The fourth-order valence-corrected chi connectivity index (χ4v) is 4.68. The largest absolute Gasteiger partial charge is 0.459 e. The first-order valence-electron chi connectivity index (χ1n) is 11.1. The highest BCUT2D eigenvalue weighted by atomic mass is 16.3. The number of benzene rings is 2. The first-order chi connectivity index (χ1) is 15.9. The summed E-state index contributed by atoms with van der Waals surface area (Å²) in [5, 5.41) is 5.85. The van der Waals surface area contributed by atoms with Crippen molar-refractivity contribution in [1.29, 1.82) is 0 Å². The Kier molecular flexibility index (Phi) is 5.24. The van der Waals surface area contributed by atoms with Crippen molar-refractivity contribution in [3.63, 3.8) is 0 Å². The second-order valence-electron chi connectivity index (χ2n) is 8.68. The minimum absolute atomic E-state index is 0.170. The number of carbonyl (C=O) groups excluding carboxylic acids is 3. The zero-order valence-electron chi connectivity index (χ0n) is 18.6. The van der Waals surface area contributed by atoms with Crippen LogP contribution in [0.25, 0.3) is 11.1 Å². The molecule has 1 fully saturated rings. The number of carbonyl (C=O) groups is 3. The van der Waals surface area contributed by atoms with Crippen LogP contribution in [0.4, 0.5) is 5.69 Å². The van der Waals surface area contributed by atoms with Gasteiger partial charge in [0.2, 0.25) is 5.91 Å². The van der Waals surface area contributed by atoms with Crippen molar-refractivity contribution in [2.45, 2.75) is 38.8 Å². The summed E-state index contributed by atoms with van der Waals surface area (Å²) in [5.74, 6) is -0.500. The predicted octanol–water partition coefficient (Wildman–Crippen LogP) is 3.92. The summed E-state index contributed by atoms with van der Waals surface area (Å²) in [6.07, 6.45) is 2.36. The third kappa shape index (κ3) is 3.80. The first kappa shape index (κ1) is 21.0. The fraction of sp³-hybridized carbons (Fsp3) is 0.269. The van der Waals surface area contributed by atoms with E-state index in [2.05, 4.69) is 30.5 Å². The molecule has 0 bridgehead atoms. The summed E-state index contributed by atoms with van der Waals surface area (Å²) in [6.45, 7) is 4.51. The molecule has 3 heterocycles. The summed E-state index contributed by atoms with van der Waals surface area (Å²) >= 11 is 0. The van der Waals surface area contributed by atoms with Gasteiger partial charge in [-0.25, -0.2) is 0 Å². The van der Waals surface area contributed by atoms with Gasteiger partial charge in [-0.3, -0.25) is 14.4 Å². The number of hydrogen-bond acceptors (Lipinski definition) is 4. The third-order valence-corrected chi connectivity index (χ3v) is 6.67. The molecule has 33 heavy (non-hydrogen) atoms. The topological polar surface area (TPSA) is 91.7 Å². The average Bonchev–Trinajstić information content (AvgIpc) is 3.33. The monoisotopic (exact) mass is 443 g/mol. The molecular weight excluding hydrogens is 418 g/mol. The van der Waals surface area contributed by atoms with Crippen molar-refractivity contribution in [3.05, 3.63) is 77.2 Å². The number of hydrogen-bond donors (Lipinski definition) is 2. The van der Waals surface area contributed by atoms with Crippen LogP contribution >= 0.6 is 0 Å². The van der Waals surface area contributed by atoms with E-state index >= 15 is 0 Å². The Morgan fingerprint density at radius 3 is 2.73 bits per heavy atom. The van der Waals surface area contributed by atoms with Crippen molar-refractivity contribution < 1.29 is 18.8 Å². The van der Waals surface area contributed by atoms with Crippen molar-refractivity contribution in [2.24, 2.45) is 0 Å². The van der Waals surface area contributed by atoms with Gasteiger partial charge in [-0.15, -0.1) is 0 Å². The van der Waals surface area contributed by atoms with Gasteiger partial charge in [-0.1, -0.05) is 24.3 Å². The lowest BCUT2D eigenvalue weighted by atomic mass is 9.94. The molecular formula is C26H25N3O4. The maximum absolute atomic E-state index is 13.5. The van der Waals surface area contributed by atoms with Crippen LogP contribution in [0.15, 0.2) is 59.2 Å². The Morgan fingerprint density at radius 1 is 1.09 bits per heavy atom. The average molecular weight is 444 g/mol. The summed E-state index contributed by atoms with van der Waals surface area (Å²) in [5.41, 5.74) is 5.36. The fourth-order valence-electron chi connectivity index (χ4n) is 4.68. The molecule has 3 amide bonds. The highest BCUT2D eigenvalue weighted by Gasteiger charge is 2.40. The molecule has 2 aliphatic heterocycles. The lowest BCUT2D eigenvalue weighted by molar-refractivity contribution is -0.121. The molecule has 7 nitrogen and oxygen atoms in total. The zero-order valence-corrected chi connectivity index (χ0v) is 18.6. The predicted molar refractivity (Wildman–Crippen MR) is 124 cm³/mol. The molecule has 2 atom stereocenters. The standard InChI is InChI=1S/C26H25N3O4/c1-15-5-3-6-19(16(15)2)17-8-9-21-20(13-17)26(32)29-11-10-18(14-22(29)24(30)28-21)27-25(31)23-7-4-12-33-23/h3-9,12-13,18,22H,10-11,14H2,1-2H3,(H,27,31)(H,28,30)/t18-,22-/m0/s1. The van der Waals surface area contributed by atoms with E-state index in [9.17, 15) is 14.4 Å². The zero-order chi connectivity index (χ0) is 23.1. The van der Waals surface area contributed by atoms with Gasteiger partial charge in [0.25, 0.3) is 11.8 Å². The van der Waals surface area contributed by atoms with E-state index in [1.165, 1.54) is 11.8 Å². The number of amides is 3. The minimum atomic E-state index is -0.648. The molecule has 2 N–H and O–H groups in total. The van der Waals surface area contributed by atoms with Gasteiger partial charge in [0.15, 0.2) is 5.76 Å². The number of nitrogens with one attached hydrogen (secondary N) is 2. The number of fused-ring (bicyclic) bond motifs is 2. The second-order valence-corrected chi connectivity index (χ2v) is 8.68. The number of piperidine rings is 1. The first-order valence-corrected chi connectivity index (χ1v) is 11.1. The number of aryl methyl sites for hydroxylation is 1. The molecule has 1 saturated heterocycles. The lowest BCUT2D eigenvalue weighted by Crippen LogP contribution is -2.55. The van der Waals surface area contributed by atoms with Gasteiger partial charge in [-0.05, 0) is 73.2 Å². The van der Waals surface area contributed by atoms with E-state index in [1.807, 2.05) is 24.3 Å². The Balaban J connectivity index is 1.40. The number of nitrogens with zero attached hydrogens (tertiary/aromatic N) is 1. The SMILES string of the molecule is Cc1cccc(-c2ccc3c(c2)C(=O)N2CC[C@H](NC(=O)c4ccco4)C[C@H]2C(=O)N3)c1C. The van der Waals surface area contributed by atoms with Crippen LogP contribution in [-0.4, -0.2) is 41.2 Å². The van der Waals surface area contributed by atoms with Crippen molar-refractivity contribution in [1.82, 2.24) is 10.2 Å². The van der Waals surface area contributed by atoms with E-state index in [0.717, 1.165) is 16.7 Å².